The van der Waals surface area contributed by atoms with Gasteiger partial charge in [0.2, 0.25) is 5.89 Å². The van der Waals surface area contributed by atoms with E-state index in [9.17, 15) is 0 Å². The largest absolute Gasteiger partial charge is 0.339 e. The molecule has 5 heteroatoms. The summed E-state index contributed by atoms with van der Waals surface area (Å²) in [5.41, 5.74) is 7.82. The van der Waals surface area contributed by atoms with Gasteiger partial charge in [-0.05, 0) is 55.9 Å². The molecule has 1 aromatic carbocycles. The van der Waals surface area contributed by atoms with Gasteiger partial charge in [-0.3, -0.25) is 0 Å². The molecular formula is C22H30N4O. The summed E-state index contributed by atoms with van der Waals surface area (Å²) >= 11 is 0. The highest BCUT2D eigenvalue weighted by molar-refractivity contribution is 5.27. The van der Waals surface area contributed by atoms with Crippen molar-refractivity contribution >= 4 is 0 Å². The molecule has 0 bridgehead atoms. The van der Waals surface area contributed by atoms with Gasteiger partial charge in [0.25, 0.3) is 0 Å². The van der Waals surface area contributed by atoms with Crippen molar-refractivity contribution in [2.24, 2.45) is 11.1 Å². The standard InChI is InChI=1S/C22H30N4O/c23-17-8-6-16(7-9-17)21-25-20(26-27-21)13-22(10-11-22)14-24-19-12-18(19)15-4-2-1-3-5-15/h1-5,16-19,24H,6-14,23H2/t16?,17?,18-,19+/m0/s1. The van der Waals surface area contributed by atoms with E-state index < -0.39 is 0 Å². The summed E-state index contributed by atoms with van der Waals surface area (Å²) in [6.45, 7) is 1.07. The molecule has 2 aromatic rings. The van der Waals surface area contributed by atoms with Crippen LogP contribution in [-0.2, 0) is 6.42 Å². The molecule has 144 valence electrons. The van der Waals surface area contributed by atoms with Gasteiger partial charge >= 0.3 is 0 Å². The lowest BCUT2D eigenvalue weighted by Gasteiger charge is -2.22. The molecule has 5 nitrogen and oxygen atoms in total. The van der Waals surface area contributed by atoms with Crippen molar-refractivity contribution in [2.45, 2.75) is 75.3 Å². The van der Waals surface area contributed by atoms with Crippen LogP contribution in [0.4, 0.5) is 0 Å². The minimum atomic E-state index is 0.347. The SMILES string of the molecule is NC1CCC(c2nc(CC3(CN[C@@H]4C[C@H]4c4ccccc4)CC3)no2)CC1. The number of nitrogens with zero attached hydrogens (tertiary/aromatic N) is 2. The lowest BCUT2D eigenvalue weighted by atomic mass is 9.86. The third-order valence-electron chi connectivity index (χ3n) is 6.85. The Bertz CT molecular complexity index is 762. The first-order chi connectivity index (χ1) is 13.2. The maximum Gasteiger partial charge on any atom is 0.229 e. The van der Waals surface area contributed by atoms with Gasteiger partial charge in [-0.25, -0.2) is 0 Å². The van der Waals surface area contributed by atoms with Crippen LogP contribution in [0.1, 0.15) is 74.1 Å². The van der Waals surface area contributed by atoms with Crippen LogP contribution in [0.25, 0.3) is 0 Å². The molecule has 27 heavy (non-hydrogen) atoms. The highest BCUT2D eigenvalue weighted by Gasteiger charge is 2.46. The topological polar surface area (TPSA) is 77.0 Å². The molecule has 2 atom stereocenters. The maximum atomic E-state index is 6.01. The Morgan fingerprint density at radius 3 is 2.63 bits per heavy atom. The van der Waals surface area contributed by atoms with E-state index in [0.29, 0.717) is 29.3 Å². The van der Waals surface area contributed by atoms with Gasteiger partial charge in [-0.15, -0.1) is 0 Å². The average Bonchev–Trinajstić information content (AvgIpc) is 3.59. The van der Waals surface area contributed by atoms with Crippen molar-refractivity contribution in [3.05, 3.63) is 47.6 Å². The van der Waals surface area contributed by atoms with E-state index in [2.05, 4.69) is 40.8 Å². The zero-order chi connectivity index (χ0) is 18.3. The number of hydrogen-bond donors (Lipinski definition) is 2. The van der Waals surface area contributed by atoms with E-state index in [1.54, 1.807) is 0 Å². The quantitative estimate of drug-likeness (QED) is 0.784. The lowest BCUT2D eigenvalue weighted by molar-refractivity contribution is 0.298. The van der Waals surface area contributed by atoms with Crippen LogP contribution in [0.15, 0.2) is 34.9 Å². The fourth-order valence-corrected chi connectivity index (χ4v) is 4.64. The number of aromatic nitrogens is 2. The first-order valence-corrected chi connectivity index (χ1v) is 10.6. The van der Waals surface area contributed by atoms with Gasteiger partial charge in [0.15, 0.2) is 5.82 Å². The molecule has 0 unspecified atom stereocenters. The van der Waals surface area contributed by atoms with Crippen molar-refractivity contribution in [1.82, 2.24) is 15.5 Å². The molecule has 0 spiro atoms. The molecule has 5 rings (SSSR count). The predicted molar refractivity (Wildman–Crippen MR) is 104 cm³/mol. The predicted octanol–water partition coefficient (Wildman–Crippen LogP) is 3.52. The molecule has 3 N–H and O–H groups in total. The second kappa shape index (κ2) is 7.02. The monoisotopic (exact) mass is 366 g/mol. The van der Waals surface area contributed by atoms with E-state index in [4.69, 9.17) is 15.2 Å². The van der Waals surface area contributed by atoms with Crippen molar-refractivity contribution < 1.29 is 4.52 Å². The van der Waals surface area contributed by atoms with Crippen LogP contribution in [-0.4, -0.2) is 28.8 Å². The minimum absolute atomic E-state index is 0.347. The number of hydrogen-bond acceptors (Lipinski definition) is 5. The van der Waals surface area contributed by atoms with E-state index in [0.717, 1.165) is 50.4 Å². The van der Waals surface area contributed by atoms with Gasteiger partial charge in [0, 0.05) is 36.9 Å². The molecule has 0 amide bonds. The molecule has 3 saturated carbocycles. The summed E-state index contributed by atoms with van der Waals surface area (Å²) in [7, 11) is 0. The maximum absolute atomic E-state index is 6.01. The molecule has 3 aliphatic rings. The molecule has 0 aliphatic heterocycles. The third kappa shape index (κ3) is 3.94. The van der Waals surface area contributed by atoms with Crippen molar-refractivity contribution in [3.63, 3.8) is 0 Å². The summed E-state index contributed by atoms with van der Waals surface area (Å²) in [5, 5.41) is 8.10. The molecule has 0 saturated heterocycles. The van der Waals surface area contributed by atoms with Crippen molar-refractivity contribution in [1.29, 1.82) is 0 Å². The van der Waals surface area contributed by atoms with Crippen LogP contribution >= 0.6 is 0 Å². The summed E-state index contributed by atoms with van der Waals surface area (Å²) in [6, 6.07) is 11.9. The van der Waals surface area contributed by atoms with Crippen LogP contribution in [0, 0.1) is 5.41 Å². The van der Waals surface area contributed by atoms with E-state index in [1.807, 2.05) is 0 Å². The minimum Gasteiger partial charge on any atom is -0.339 e. The van der Waals surface area contributed by atoms with Gasteiger partial charge in [0.05, 0.1) is 0 Å². The number of rotatable bonds is 7. The highest BCUT2D eigenvalue weighted by Crippen LogP contribution is 2.49. The van der Waals surface area contributed by atoms with Gasteiger partial charge in [-0.1, -0.05) is 35.5 Å². The number of nitrogens with one attached hydrogen (secondary N) is 1. The molecule has 0 radical (unpaired) electrons. The number of benzene rings is 1. The molecule has 1 heterocycles. The van der Waals surface area contributed by atoms with Gasteiger partial charge < -0.3 is 15.6 Å². The molecule has 1 aromatic heterocycles. The van der Waals surface area contributed by atoms with Crippen molar-refractivity contribution in [2.75, 3.05) is 6.54 Å². The highest BCUT2D eigenvalue weighted by atomic mass is 16.5. The van der Waals surface area contributed by atoms with Crippen LogP contribution < -0.4 is 11.1 Å². The van der Waals surface area contributed by atoms with Gasteiger partial charge in [0.1, 0.15) is 0 Å². The second-order valence-corrected chi connectivity index (χ2v) is 9.08. The fraction of sp³-hybridized carbons (Fsp3) is 0.636. The normalized spacial score (nSPS) is 31.6. The zero-order valence-corrected chi connectivity index (χ0v) is 15.9. The molecule has 3 fully saturated rings. The van der Waals surface area contributed by atoms with Gasteiger partial charge in [-0.2, -0.15) is 4.98 Å². The molecular weight excluding hydrogens is 336 g/mol. The Kier molecular flexibility index (Phi) is 4.52. The summed E-state index contributed by atoms with van der Waals surface area (Å²) in [6.07, 6.45) is 9.04. The second-order valence-electron chi connectivity index (χ2n) is 9.08. The van der Waals surface area contributed by atoms with E-state index >= 15 is 0 Å². The third-order valence-corrected chi connectivity index (χ3v) is 6.85. The summed E-state index contributed by atoms with van der Waals surface area (Å²) < 4.78 is 5.60. The average molecular weight is 367 g/mol. The first kappa shape index (κ1) is 17.4. The van der Waals surface area contributed by atoms with Crippen LogP contribution in [0.3, 0.4) is 0 Å². The Balaban J connectivity index is 1.13. The van der Waals surface area contributed by atoms with E-state index in [-0.39, 0.29) is 0 Å². The van der Waals surface area contributed by atoms with Crippen LogP contribution in [0.5, 0.6) is 0 Å². The lowest BCUT2D eigenvalue weighted by Crippen LogP contribution is -2.28. The number of nitrogens with two attached hydrogens (primary N) is 1. The summed E-state index contributed by atoms with van der Waals surface area (Å²) in [5.74, 6) is 2.84. The smallest absolute Gasteiger partial charge is 0.229 e. The Morgan fingerprint density at radius 2 is 1.89 bits per heavy atom. The van der Waals surface area contributed by atoms with Crippen LogP contribution in [0.2, 0.25) is 0 Å². The Morgan fingerprint density at radius 1 is 1.11 bits per heavy atom. The Hall–Kier alpha value is -1.72. The Labute approximate surface area is 161 Å². The zero-order valence-electron chi connectivity index (χ0n) is 15.9. The molecule has 3 aliphatic carbocycles. The first-order valence-electron chi connectivity index (χ1n) is 10.6. The van der Waals surface area contributed by atoms with Crippen molar-refractivity contribution in [3.8, 4) is 0 Å². The fourth-order valence-electron chi connectivity index (χ4n) is 4.64. The van der Waals surface area contributed by atoms with E-state index in [1.165, 1.54) is 24.8 Å². The summed E-state index contributed by atoms with van der Waals surface area (Å²) in [4.78, 5) is 4.74.